The zero-order chi connectivity index (χ0) is 12.5. The highest BCUT2D eigenvalue weighted by molar-refractivity contribution is 7.18. The Hall–Kier alpha value is -2.14. The van der Waals surface area contributed by atoms with Gasteiger partial charge in [-0.3, -0.25) is 4.98 Å². The van der Waals surface area contributed by atoms with Gasteiger partial charge in [0.15, 0.2) is 5.13 Å². The summed E-state index contributed by atoms with van der Waals surface area (Å²) in [7, 11) is 1.65. The molecule has 5 heteroatoms. The van der Waals surface area contributed by atoms with Crippen LogP contribution >= 0.6 is 11.3 Å². The minimum atomic E-state index is 0.576. The Kier molecular flexibility index (Phi) is 2.60. The van der Waals surface area contributed by atoms with Crippen LogP contribution in [0.1, 0.15) is 0 Å². The van der Waals surface area contributed by atoms with Crippen LogP contribution in [0, 0.1) is 0 Å². The van der Waals surface area contributed by atoms with Crippen LogP contribution in [0.5, 0.6) is 5.75 Å². The Bertz CT molecular complexity index is 708. The predicted octanol–water partition coefficient (Wildman–Crippen LogP) is 2.95. The van der Waals surface area contributed by atoms with E-state index >= 15 is 0 Å². The third-order valence-electron chi connectivity index (χ3n) is 2.75. The number of hydrogen-bond donors (Lipinski definition) is 1. The Labute approximate surface area is 108 Å². The molecular weight excluding hydrogens is 246 g/mol. The van der Waals surface area contributed by atoms with E-state index in [4.69, 9.17) is 10.5 Å². The third-order valence-corrected chi connectivity index (χ3v) is 3.63. The average Bonchev–Trinajstić information content (AvgIpc) is 2.84. The highest BCUT2D eigenvalue weighted by atomic mass is 32.1. The molecule has 0 aliphatic rings. The van der Waals surface area contributed by atoms with Crippen molar-refractivity contribution >= 4 is 27.2 Å². The normalized spacial score (nSPS) is 10.7. The molecule has 3 aromatic rings. The zero-order valence-corrected chi connectivity index (χ0v) is 10.6. The van der Waals surface area contributed by atoms with Gasteiger partial charge in [-0.1, -0.05) is 23.5 Å². The minimum Gasteiger partial charge on any atom is -0.494 e. The van der Waals surface area contributed by atoms with Crippen molar-refractivity contribution in [1.29, 1.82) is 0 Å². The first-order valence-electron chi connectivity index (χ1n) is 5.41. The molecule has 0 unspecified atom stereocenters. The second-order valence-electron chi connectivity index (χ2n) is 3.84. The monoisotopic (exact) mass is 257 g/mol. The van der Waals surface area contributed by atoms with Crippen molar-refractivity contribution in [2.45, 2.75) is 0 Å². The number of fused-ring (bicyclic) bond motifs is 1. The van der Waals surface area contributed by atoms with Crippen LogP contribution in [-0.2, 0) is 0 Å². The molecule has 2 N–H and O–H groups in total. The number of ether oxygens (including phenoxy) is 1. The third kappa shape index (κ3) is 1.78. The number of aromatic nitrogens is 2. The average molecular weight is 257 g/mol. The van der Waals surface area contributed by atoms with Gasteiger partial charge in [0.2, 0.25) is 0 Å². The predicted molar refractivity (Wildman–Crippen MR) is 73.8 cm³/mol. The number of benzene rings is 1. The number of anilines is 1. The molecule has 0 radical (unpaired) electrons. The molecular formula is C13H11N3OS. The number of rotatable bonds is 2. The number of nitrogen functional groups attached to an aromatic ring is 1. The first kappa shape index (κ1) is 11.0. The number of methoxy groups -OCH3 is 1. The van der Waals surface area contributed by atoms with Gasteiger partial charge < -0.3 is 10.5 Å². The second kappa shape index (κ2) is 4.27. The van der Waals surface area contributed by atoms with Crippen LogP contribution in [0.15, 0.2) is 36.8 Å². The molecule has 3 rings (SSSR count). The molecule has 1 aromatic carbocycles. The van der Waals surface area contributed by atoms with E-state index in [-0.39, 0.29) is 0 Å². The van der Waals surface area contributed by atoms with E-state index in [1.807, 2.05) is 18.3 Å². The first-order chi connectivity index (χ1) is 8.78. The lowest BCUT2D eigenvalue weighted by molar-refractivity contribution is 0.418. The Morgan fingerprint density at radius 2 is 2.11 bits per heavy atom. The molecule has 0 saturated heterocycles. The molecule has 0 fully saturated rings. The molecule has 0 spiro atoms. The van der Waals surface area contributed by atoms with E-state index in [0.717, 1.165) is 27.0 Å². The topological polar surface area (TPSA) is 61.0 Å². The van der Waals surface area contributed by atoms with Gasteiger partial charge in [0.25, 0.3) is 0 Å². The summed E-state index contributed by atoms with van der Waals surface area (Å²) in [6, 6.07) is 6.13. The van der Waals surface area contributed by atoms with Crippen molar-refractivity contribution in [1.82, 2.24) is 9.97 Å². The molecule has 0 amide bonds. The van der Waals surface area contributed by atoms with Gasteiger partial charge in [0.05, 0.1) is 18.2 Å². The van der Waals surface area contributed by atoms with E-state index in [1.54, 1.807) is 19.5 Å². The van der Waals surface area contributed by atoms with Gasteiger partial charge in [0.1, 0.15) is 5.75 Å². The molecule has 0 saturated carbocycles. The summed E-state index contributed by atoms with van der Waals surface area (Å²) in [6.45, 7) is 0. The second-order valence-corrected chi connectivity index (χ2v) is 4.90. The van der Waals surface area contributed by atoms with Crippen LogP contribution in [0.2, 0.25) is 0 Å². The summed E-state index contributed by atoms with van der Waals surface area (Å²) < 4.78 is 5.32. The molecule has 2 heterocycles. The SMILES string of the molecule is COc1cncc2ccc(-c3cnc(N)s3)cc12. The smallest absolute Gasteiger partial charge is 0.180 e. The van der Waals surface area contributed by atoms with Gasteiger partial charge in [0, 0.05) is 23.2 Å². The number of hydrogen-bond acceptors (Lipinski definition) is 5. The van der Waals surface area contributed by atoms with Crippen LogP contribution in [0.4, 0.5) is 5.13 Å². The van der Waals surface area contributed by atoms with E-state index in [2.05, 4.69) is 16.0 Å². The van der Waals surface area contributed by atoms with E-state index < -0.39 is 0 Å². The molecule has 0 aliphatic carbocycles. The van der Waals surface area contributed by atoms with Gasteiger partial charge in [-0.15, -0.1) is 0 Å². The minimum absolute atomic E-state index is 0.576. The summed E-state index contributed by atoms with van der Waals surface area (Å²) in [6.07, 6.45) is 5.32. The summed E-state index contributed by atoms with van der Waals surface area (Å²) >= 11 is 1.47. The van der Waals surface area contributed by atoms with Crippen LogP contribution in [0.25, 0.3) is 21.2 Å². The van der Waals surface area contributed by atoms with Crippen LogP contribution in [0.3, 0.4) is 0 Å². The van der Waals surface area contributed by atoms with Crippen LogP contribution in [-0.4, -0.2) is 17.1 Å². The van der Waals surface area contributed by atoms with Crippen LogP contribution < -0.4 is 10.5 Å². The quantitative estimate of drug-likeness (QED) is 0.766. The van der Waals surface area contributed by atoms with Crippen molar-refractivity contribution < 1.29 is 4.74 Å². The number of pyridine rings is 1. The number of nitrogens with two attached hydrogens (primary N) is 1. The molecule has 2 aromatic heterocycles. The maximum absolute atomic E-state index is 5.66. The zero-order valence-electron chi connectivity index (χ0n) is 9.75. The fourth-order valence-electron chi connectivity index (χ4n) is 1.87. The Morgan fingerprint density at radius 3 is 2.83 bits per heavy atom. The van der Waals surface area contributed by atoms with E-state index in [0.29, 0.717) is 5.13 Å². The maximum Gasteiger partial charge on any atom is 0.180 e. The summed E-state index contributed by atoms with van der Waals surface area (Å²) in [5.74, 6) is 0.770. The highest BCUT2D eigenvalue weighted by Crippen LogP contribution is 2.32. The fourth-order valence-corrected chi connectivity index (χ4v) is 2.56. The van der Waals surface area contributed by atoms with Gasteiger partial charge in [-0.05, 0) is 11.6 Å². The molecule has 0 aliphatic heterocycles. The van der Waals surface area contributed by atoms with E-state index in [9.17, 15) is 0 Å². The van der Waals surface area contributed by atoms with Gasteiger partial charge >= 0.3 is 0 Å². The lowest BCUT2D eigenvalue weighted by Crippen LogP contribution is -1.86. The Morgan fingerprint density at radius 1 is 1.22 bits per heavy atom. The van der Waals surface area contributed by atoms with Gasteiger partial charge in [-0.25, -0.2) is 4.98 Å². The summed E-state index contributed by atoms with van der Waals surface area (Å²) in [5.41, 5.74) is 6.74. The molecule has 0 atom stereocenters. The maximum atomic E-state index is 5.66. The number of nitrogens with zero attached hydrogens (tertiary/aromatic N) is 2. The lowest BCUT2D eigenvalue weighted by Gasteiger charge is -2.05. The molecule has 18 heavy (non-hydrogen) atoms. The van der Waals surface area contributed by atoms with Crippen molar-refractivity contribution in [3.05, 3.63) is 36.8 Å². The summed E-state index contributed by atoms with van der Waals surface area (Å²) in [5, 5.41) is 2.67. The molecule has 4 nitrogen and oxygen atoms in total. The van der Waals surface area contributed by atoms with Crippen molar-refractivity contribution in [3.8, 4) is 16.2 Å². The van der Waals surface area contributed by atoms with Gasteiger partial charge in [-0.2, -0.15) is 0 Å². The van der Waals surface area contributed by atoms with E-state index in [1.165, 1.54) is 11.3 Å². The van der Waals surface area contributed by atoms with Crippen molar-refractivity contribution in [2.24, 2.45) is 0 Å². The molecule has 90 valence electrons. The highest BCUT2D eigenvalue weighted by Gasteiger charge is 2.06. The summed E-state index contributed by atoms with van der Waals surface area (Å²) in [4.78, 5) is 9.25. The largest absolute Gasteiger partial charge is 0.494 e. The van der Waals surface area contributed by atoms with Crippen molar-refractivity contribution in [2.75, 3.05) is 12.8 Å². The van der Waals surface area contributed by atoms with Crippen molar-refractivity contribution in [3.63, 3.8) is 0 Å². The Balaban J connectivity index is 2.21. The lowest BCUT2D eigenvalue weighted by atomic mass is 10.1. The molecule has 0 bridgehead atoms. The number of thiazole rings is 1. The fraction of sp³-hybridized carbons (Fsp3) is 0.0769. The standard InChI is InChI=1S/C13H11N3OS/c1-17-11-6-15-5-9-3-2-8(4-10(9)11)12-7-16-13(14)18-12/h2-7H,1H3,(H2,14,16). The first-order valence-corrected chi connectivity index (χ1v) is 6.23.